The van der Waals surface area contributed by atoms with Crippen LogP contribution < -0.4 is 5.32 Å². The maximum Gasteiger partial charge on any atom is 0.410 e. The fourth-order valence-corrected chi connectivity index (χ4v) is 1.82. The summed E-state index contributed by atoms with van der Waals surface area (Å²) >= 11 is 0. The van der Waals surface area contributed by atoms with E-state index in [4.69, 9.17) is 9.47 Å². The quantitative estimate of drug-likeness (QED) is 0.640. The van der Waals surface area contributed by atoms with Gasteiger partial charge in [0.05, 0.1) is 19.2 Å². The molecular weight excluding hydrogens is 196 g/mol. The van der Waals surface area contributed by atoms with Crippen LogP contribution in [-0.4, -0.2) is 48.6 Å². The van der Waals surface area contributed by atoms with E-state index in [1.165, 1.54) is 0 Å². The van der Waals surface area contributed by atoms with Gasteiger partial charge in [0.1, 0.15) is 11.8 Å². The number of carbonyl (C=O) groups is 1. The summed E-state index contributed by atoms with van der Waals surface area (Å²) in [6.07, 6.45) is -0.263. The van der Waals surface area contributed by atoms with E-state index in [-0.39, 0.29) is 18.4 Å². The lowest BCUT2D eigenvalue weighted by atomic mass is 10.2. The molecule has 0 saturated carbocycles. The maximum atomic E-state index is 11.8. The first-order valence-corrected chi connectivity index (χ1v) is 5.29. The molecule has 2 fully saturated rings. The zero-order valence-corrected chi connectivity index (χ0v) is 9.45. The molecule has 0 spiro atoms. The first kappa shape index (κ1) is 10.7. The highest BCUT2D eigenvalue weighted by Gasteiger charge is 2.36. The predicted octanol–water partition coefficient (Wildman–Crippen LogP) is 0.552. The predicted molar refractivity (Wildman–Crippen MR) is 54.5 cm³/mol. The van der Waals surface area contributed by atoms with Crippen LogP contribution in [0.3, 0.4) is 0 Å². The van der Waals surface area contributed by atoms with Gasteiger partial charge in [-0.15, -0.1) is 0 Å². The topological polar surface area (TPSA) is 50.8 Å². The SMILES string of the molecule is CC(C)(C)OC(=O)N1C[C@@H]2CO[C@H](C1)N2. The first-order valence-electron chi connectivity index (χ1n) is 5.29. The van der Waals surface area contributed by atoms with Gasteiger partial charge in [-0.25, -0.2) is 4.79 Å². The third kappa shape index (κ3) is 2.60. The molecule has 2 aliphatic rings. The molecule has 0 aromatic carbocycles. The number of piperazine rings is 1. The second kappa shape index (κ2) is 3.64. The molecule has 1 amide bonds. The van der Waals surface area contributed by atoms with Gasteiger partial charge in [-0.3, -0.25) is 5.32 Å². The monoisotopic (exact) mass is 214 g/mol. The van der Waals surface area contributed by atoms with E-state index in [0.717, 1.165) is 0 Å². The van der Waals surface area contributed by atoms with Crippen LogP contribution in [0.2, 0.25) is 0 Å². The Morgan fingerprint density at radius 2 is 2.20 bits per heavy atom. The van der Waals surface area contributed by atoms with Crippen molar-refractivity contribution in [2.75, 3.05) is 19.7 Å². The Kier molecular flexibility index (Phi) is 2.60. The van der Waals surface area contributed by atoms with Crippen LogP contribution in [0.1, 0.15) is 20.8 Å². The van der Waals surface area contributed by atoms with Crippen LogP contribution in [0.15, 0.2) is 0 Å². The summed E-state index contributed by atoms with van der Waals surface area (Å²) in [6, 6.07) is 0.260. The Morgan fingerprint density at radius 1 is 1.47 bits per heavy atom. The molecule has 2 rings (SSSR count). The van der Waals surface area contributed by atoms with Crippen molar-refractivity contribution < 1.29 is 14.3 Å². The van der Waals surface area contributed by atoms with Crippen LogP contribution in [0.5, 0.6) is 0 Å². The Balaban J connectivity index is 1.91. The Labute approximate surface area is 89.7 Å². The molecule has 2 bridgehead atoms. The summed E-state index contributed by atoms with van der Waals surface area (Å²) in [5, 5.41) is 3.27. The van der Waals surface area contributed by atoms with E-state index in [0.29, 0.717) is 19.7 Å². The number of carbonyl (C=O) groups excluding carboxylic acids is 1. The van der Waals surface area contributed by atoms with E-state index >= 15 is 0 Å². The van der Waals surface area contributed by atoms with Crippen molar-refractivity contribution in [3.05, 3.63) is 0 Å². The molecule has 0 radical (unpaired) electrons. The van der Waals surface area contributed by atoms with E-state index in [9.17, 15) is 4.79 Å². The summed E-state index contributed by atoms with van der Waals surface area (Å²) in [5.74, 6) is 0. The highest BCUT2D eigenvalue weighted by atomic mass is 16.6. The molecular formula is C10H18N2O3. The van der Waals surface area contributed by atoms with Gasteiger partial charge in [0.15, 0.2) is 0 Å². The minimum Gasteiger partial charge on any atom is -0.444 e. The van der Waals surface area contributed by atoms with Crippen molar-refractivity contribution in [3.63, 3.8) is 0 Å². The molecule has 86 valence electrons. The van der Waals surface area contributed by atoms with Crippen molar-refractivity contribution in [3.8, 4) is 0 Å². The van der Waals surface area contributed by atoms with Crippen molar-refractivity contribution in [2.24, 2.45) is 0 Å². The average Bonchev–Trinajstić information content (AvgIpc) is 2.42. The fraction of sp³-hybridized carbons (Fsp3) is 0.900. The van der Waals surface area contributed by atoms with Crippen molar-refractivity contribution in [1.29, 1.82) is 0 Å². The van der Waals surface area contributed by atoms with Crippen molar-refractivity contribution >= 4 is 6.09 Å². The summed E-state index contributed by atoms with van der Waals surface area (Å²) in [6.45, 7) is 7.55. The second-order valence-electron chi connectivity index (χ2n) is 5.07. The van der Waals surface area contributed by atoms with Crippen LogP contribution in [-0.2, 0) is 9.47 Å². The molecule has 15 heavy (non-hydrogen) atoms. The van der Waals surface area contributed by atoms with Gasteiger partial charge in [0.2, 0.25) is 0 Å². The van der Waals surface area contributed by atoms with Gasteiger partial charge in [-0.1, -0.05) is 0 Å². The molecule has 0 aromatic rings. The van der Waals surface area contributed by atoms with E-state index in [1.54, 1.807) is 4.90 Å². The molecule has 5 heteroatoms. The van der Waals surface area contributed by atoms with Gasteiger partial charge in [0, 0.05) is 6.54 Å². The molecule has 0 aromatic heterocycles. The molecule has 2 heterocycles. The zero-order valence-electron chi connectivity index (χ0n) is 9.45. The van der Waals surface area contributed by atoms with Crippen LogP contribution in [0, 0.1) is 0 Å². The molecule has 2 aliphatic heterocycles. The average molecular weight is 214 g/mol. The number of amides is 1. The van der Waals surface area contributed by atoms with Crippen LogP contribution >= 0.6 is 0 Å². The van der Waals surface area contributed by atoms with Gasteiger partial charge in [-0.05, 0) is 20.8 Å². The van der Waals surface area contributed by atoms with Crippen LogP contribution in [0.4, 0.5) is 4.79 Å². The minimum absolute atomic E-state index is 0.0173. The molecule has 5 nitrogen and oxygen atoms in total. The highest BCUT2D eigenvalue weighted by Crippen LogP contribution is 2.16. The Hall–Kier alpha value is -0.810. The number of hydrogen-bond acceptors (Lipinski definition) is 4. The largest absolute Gasteiger partial charge is 0.444 e. The third-order valence-electron chi connectivity index (χ3n) is 2.40. The normalized spacial score (nSPS) is 30.5. The Morgan fingerprint density at radius 3 is 2.80 bits per heavy atom. The highest BCUT2D eigenvalue weighted by molar-refractivity contribution is 5.68. The number of nitrogens with one attached hydrogen (secondary N) is 1. The molecule has 1 N–H and O–H groups in total. The fourth-order valence-electron chi connectivity index (χ4n) is 1.82. The molecule has 0 aliphatic carbocycles. The summed E-state index contributed by atoms with van der Waals surface area (Å²) in [7, 11) is 0. The molecule has 0 unspecified atom stereocenters. The van der Waals surface area contributed by atoms with E-state index < -0.39 is 5.60 Å². The van der Waals surface area contributed by atoms with Gasteiger partial charge in [0.25, 0.3) is 0 Å². The summed E-state index contributed by atoms with van der Waals surface area (Å²) in [4.78, 5) is 13.5. The maximum absolute atomic E-state index is 11.8. The molecule has 2 saturated heterocycles. The smallest absolute Gasteiger partial charge is 0.410 e. The van der Waals surface area contributed by atoms with Gasteiger partial charge < -0.3 is 14.4 Å². The van der Waals surface area contributed by atoms with E-state index in [1.807, 2.05) is 20.8 Å². The minimum atomic E-state index is -0.429. The van der Waals surface area contributed by atoms with Crippen molar-refractivity contribution in [1.82, 2.24) is 10.2 Å². The number of ether oxygens (including phenoxy) is 2. The lowest BCUT2D eigenvalue weighted by Gasteiger charge is -2.32. The third-order valence-corrected chi connectivity index (χ3v) is 2.40. The number of nitrogens with zero attached hydrogens (tertiary/aromatic N) is 1. The second-order valence-corrected chi connectivity index (χ2v) is 5.07. The number of fused-ring (bicyclic) bond motifs is 2. The zero-order chi connectivity index (χ0) is 11.1. The Bertz CT molecular complexity index is 250. The van der Waals surface area contributed by atoms with Crippen molar-refractivity contribution in [2.45, 2.75) is 38.6 Å². The standard InChI is InChI=1S/C10H18N2O3/c1-10(2,3)15-9(13)12-4-7-6-14-8(5-12)11-7/h7-8,11H,4-6H2,1-3H3/t7-,8-/m1/s1. The summed E-state index contributed by atoms with van der Waals surface area (Å²) < 4.78 is 10.7. The summed E-state index contributed by atoms with van der Waals surface area (Å²) in [5.41, 5.74) is -0.429. The lowest BCUT2D eigenvalue weighted by molar-refractivity contribution is 0.00803. The van der Waals surface area contributed by atoms with Gasteiger partial charge in [-0.2, -0.15) is 0 Å². The molecule has 2 atom stereocenters. The lowest BCUT2D eigenvalue weighted by Crippen LogP contribution is -2.54. The van der Waals surface area contributed by atoms with Gasteiger partial charge >= 0.3 is 6.09 Å². The van der Waals surface area contributed by atoms with Crippen LogP contribution in [0.25, 0.3) is 0 Å². The number of rotatable bonds is 0. The van der Waals surface area contributed by atoms with E-state index in [2.05, 4.69) is 5.32 Å². The first-order chi connectivity index (χ1) is 6.94. The number of hydrogen-bond donors (Lipinski definition) is 1.